The van der Waals surface area contributed by atoms with Gasteiger partial charge in [0.15, 0.2) is 23.0 Å². The Morgan fingerprint density at radius 3 is 0.946 bits per heavy atom. The van der Waals surface area contributed by atoms with Crippen LogP contribution in [0.4, 0.5) is 60.5 Å². The first-order chi connectivity index (χ1) is 26.9. The summed E-state index contributed by atoms with van der Waals surface area (Å²) in [6.45, 7) is 3.80. The summed E-state index contributed by atoms with van der Waals surface area (Å²) >= 11 is 0. The van der Waals surface area contributed by atoms with E-state index in [0.717, 1.165) is 24.3 Å². The first kappa shape index (κ1) is 35.0. The Kier molecular flexibility index (Phi) is 8.12. The predicted octanol–water partition coefficient (Wildman–Crippen LogP) is 14.8. The molecule has 0 saturated heterocycles. The molecule has 0 aliphatic carbocycles. The molecule has 0 spiro atoms. The molecule has 7 aromatic carbocycles. The molecule has 0 N–H and O–H groups in total. The van der Waals surface area contributed by atoms with E-state index in [-0.39, 0.29) is 0 Å². The molecule has 4 nitrogen and oxygen atoms in total. The van der Waals surface area contributed by atoms with E-state index in [1.54, 1.807) is 0 Å². The van der Waals surface area contributed by atoms with Gasteiger partial charge in [-0.25, -0.2) is 0 Å². The van der Waals surface area contributed by atoms with Gasteiger partial charge in [-0.15, -0.1) is 0 Å². The largest absolute Gasteiger partial charge is 0.453 e. The smallest absolute Gasteiger partial charge is 0.416 e. The summed E-state index contributed by atoms with van der Waals surface area (Å²) in [5, 5.41) is 0. The second-order valence-corrected chi connectivity index (χ2v) is 13.6. The number of nitrogens with zero attached hydrogens (tertiary/aromatic N) is 2. The van der Waals surface area contributed by atoms with Gasteiger partial charge in [-0.2, -0.15) is 26.3 Å². The quantitative estimate of drug-likeness (QED) is 0.167. The molecule has 0 bridgehead atoms. The predicted molar refractivity (Wildman–Crippen MR) is 206 cm³/mol. The Labute approximate surface area is 318 Å². The molecule has 7 aromatic rings. The Hall–Kier alpha value is -6.68. The fourth-order valence-electron chi connectivity index (χ4n) is 7.78. The van der Waals surface area contributed by atoms with E-state index in [2.05, 4.69) is 9.80 Å². The van der Waals surface area contributed by atoms with E-state index in [4.69, 9.17) is 9.47 Å². The highest BCUT2D eigenvalue weighted by molar-refractivity contribution is 6.06. The third-order valence-corrected chi connectivity index (χ3v) is 10.2. The van der Waals surface area contributed by atoms with Crippen molar-refractivity contribution in [2.24, 2.45) is 0 Å². The molecule has 0 radical (unpaired) electrons. The highest BCUT2D eigenvalue weighted by Crippen LogP contribution is 2.60. The number of halogens is 6. The lowest BCUT2D eigenvalue weighted by atomic mass is 9.84. The van der Waals surface area contributed by atoms with Crippen molar-refractivity contribution >= 4 is 34.1 Å². The van der Waals surface area contributed by atoms with Crippen molar-refractivity contribution in [3.8, 4) is 45.3 Å². The lowest BCUT2D eigenvalue weighted by molar-refractivity contribution is -0.138. The van der Waals surface area contributed by atoms with Crippen LogP contribution >= 0.6 is 0 Å². The number of hydrogen-bond donors (Lipinski definition) is 0. The van der Waals surface area contributed by atoms with Gasteiger partial charge < -0.3 is 19.3 Å². The first-order valence-electron chi connectivity index (χ1n) is 17.7. The SMILES string of the molecule is Cc1c(-c2ccc(C(F)(F)F)cc2)c(N2c3ccccc3Oc3ccccc32)c(C)c(N2c3ccccc3Oc3ccccc32)c1-c1ccc(C(F)(F)F)cc1. The number of hydrogen-bond acceptors (Lipinski definition) is 4. The van der Waals surface area contributed by atoms with E-state index < -0.39 is 23.5 Å². The fourth-order valence-corrected chi connectivity index (χ4v) is 7.78. The van der Waals surface area contributed by atoms with Crippen molar-refractivity contribution in [1.82, 2.24) is 0 Å². The van der Waals surface area contributed by atoms with Crippen LogP contribution < -0.4 is 19.3 Å². The van der Waals surface area contributed by atoms with Crippen LogP contribution in [0, 0.1) is 13.8 Å². The van der Waals surface area contributed by atoms with E-state index in [1.807, 2.05) is 111 Å². The minimum atomic E-state index is -4.57. The van der Waals surface area contributed by atoms with Gasteiger partial charge in [-0.3, -0.25) is 0 Å². The summed E-state index contributed by atoms with van der Waals surface area (Å²) in [5.41, 5.74) is 5.94. The van der Waals surface area contributed by atoms with Crippen LogP contribution in [0.1, 0.15) is 22.3 Å². The zero-order valence-electron chi connectivity index (χ0n) is 29.8. The van der Waals surface area contributed by atoms with Gasteiger partial charge in [0.1, 0.15) is 0 Å². The maximum atomic E-state index is 14.0. The number of anilines is 6. The molecule has 0 unspecified atom stereocenters. The number of para-hydroxylation sites is 8. The van der Waals surface area contributed by atoms with Gasteiger partial charge in [-0.05, 0) is 109 Å². The molecule has 0 atom stereocenters. The molecule has 0 aromatic heterocycles. The molecule has 10 heteroatoms. The average molecular weight is 757 g/mol. The van der Waals surface area contributed by atoms with Gasteiger partial charge in [0.2, 0.25) is 0 Å². The van der Waals surface area contributed by atoms with Crippen molar-refractivity contribution in [3.05, 3.63) is 168 Å². The maximum Gasteiger partial charge on any atom is 0.416 e. The second-order valence-electron chi connectivity index (χ2n) is 13.6. The van der Waals surface area contributed by atoms with Gasteiger partial charge in [-0.1, -0.05) is 72.8 Å². The molecule has 9 rings (SSSR count). The summed E-state index contributed by atoms with van der Waals surface area (Å²) in [6.07, 6.45) is -9.14. The minimum absolute atomic E-state index is 0.484. The molecular formula is C46H30F6N2O2. The Bertz CT molecular complexity index is 2380. The second kappa shape index (κ2) is 13.0. The molecule has 0 fully saturated rings. The zero-order chi connectivity index (χ0) is 38.9. The van der Waals surface area contributed by atoms with E-state index >= 15 is 0 Å². The zero-order valence-corrected chi connectivity index (χ0v) is 29.8. The van der Waals surface area contributed by atoms with Gasteiger partial charge in [0, 0.05) is 11.1 Å². The third-order valence-electron chi connectivity index (χ3n) is 10.2. The van der Waals surface area contributed by atoms with Crippen molar-refractivity contribution in [2.75, 3.05) is 9.80 Å². The molecule has 56 heavy (non-hydrogen) atoms. The van der Waals surface area contributed by atoms with E-state index in [0.29, 0.717) is 90.5 Å². The molecule has 0 amide bonds. The van der Waals surface area contributed by atoms with Gasteiger partial charge >= 0.3 is 12.4 Å². The summed E-state index contributed by atoms with van der Waals surface area (Å²) in [6, 6.07) is 40.0. The number of benzene rings is 7. The van der Waals surface area contributed by atoms with Crippen molar-refractivity contribution in [2.45, 2.75) is 26.2 Å². The number of ether oxygens (including phenoxy) is 2. The standard InChI is InChI=1S/C46H30F6N2O2/c1-27-41(29-19-23-31(24-20-29)45(47,48)49)43(53-33-11-3-7-15-37(33)55-38-16-8-4-12-34(38)53)28(2)44(42(27)30-21-25-32(26-22-30)46(50,51)52)54-35-13-5-9-17-39(35)56-40-18-10-6-14-36(40)54/h3-26H,1-2H3. The van der Waals surface area contributed by atoms with E-state index in [9.17, 15) is 26.3 Å². The third kappa shape index (κ3) is 5.71. The van der Waals surface area contributed by atoms with Crippen molar-refractivity contribution in [3.63, 3.8) is 0 Å². The van der Waals surface area contributed by atoms with Crippen molar-refractivity contribution < 1.29 is 35.8 Å². The molecule has 0 saturated carbocycles. The first-order valence-corrected chi connectivity index (χ1v) is 17.7. The van der Waals surface area contributed by atoms with Crippen LogP contribution in [0.25, 0.3) is 22.3 Å². The summed E-state index contributed by atoms with van der Waals surface area (Å²) in [7, 11) is 0. The monoisotopic (exact) mass is 756 g/mol. The average Bonchev–Trinajstić information content (AvgIpc) is 3.19. The maximum absolute atomic E-state index is 14.0. The lowest BCUT2D eigenvalue weighted by Crippen LogP contribution is -2.22. The lowest BCUT2D eigenvalue weighted by Gasteiger charge is -2.40. The van der Waals surface area contributed by atoms with Crippen LogP contribution in [0.15, 0.2) is 146 Å². The van der Waals surface area contributed by atoms with Crippen molar-refractivity contribution in [1.29, 1.82) is 0 Å². The summed E-state index contributed by atoms with van der Waals surface area (Å²) < 4.78 is 96.5. The van der Waals surface area contributed by atoms with Crippen LogP contribution in [0.5, 0.6) is 23.0 Å². The van der Waals surface area contributed by atoms with E-state index in [1.165, 1.54) is 24.3 Å². The molecular weight excluding hydrogens is 727 g/mol. The molecule has 278 valence electrons. The molecule has 2 aliphatic rings. The Morgan fingerprint density at radius 2 is 0.661 bits per heavy atom. The molecule has 2 heterocycles. The number of alkyl halides is 6. The number of rotatable bonds is 4. The highest BCUT2D eigenvalue weighted by Gasteiger charge is 2.37. The normalized spacial score (nSPS) is 13.2. The Balaban J connectivity index is 1.45. The van der Waals surface area contributed by atoms with Crippen LogP contribution in [0.3, 0.4) is 0 Å². The molecule has 2 aliphatic heterocycles. The summed E-state index contributed by atoms with van der Waals surface area (Å²) in [5.74, 6) is 2.27. The topological polar surface area (TPSA) is 24.9 Å². The van der Waals surface area contributed by atoms with Gasteiger partial charge in [0.05, 0.1) is 45.3 Å². The van der Waals surface area contributed by atoms with Crippen LogP contribution in [-0.2, 0) is 12.4 Å². The highest BCUT2D eigenvalue weighted by atomic mass is 19.4. The summed E-state index contributed by atoms with van der Waals surface area (Å²) in [4.78, 5) is 4.11. The van der Waals surface area contributed by atoms with Crippen LogP contribution in [0.2, 0.25) is 0 Å². The fraction of sp³-hybridized carbons (Fsp3) is 0.0870. The minimum Gasteiger partial charge on any atom is -0.453 e. The van der Waals surface area contributed by atoms with Crippen LogP contribution in [-0.4, -0.2) is 0 Å². The van der Waals surface area contributed by atoms with Gasteiger partial charge in [0.25, 0.3) is 0 Å². The Morgan fingerprint density at radius 1 is 0.375 bits per heavy atom. The number of fused-ring (bicyclic) bond motifs is 4.